The topological polar surface area (TPSA) is 66.6 Å². The lowest BCUT2D eigenvalue weighted by Gasteiger charge is -2.09. The van der Waals surface area contributed by atoms with Gasteiger partial charge in [-0.05, 0) is 29.3 Å². The van der Waals surface area contributed by atoms with E-state index in [1.807, 2.05) is 71.3 Å². The molecule has 0 spiro atoms. The van der Waals surface area contributed by atoms with Crippen molar-refractivity contribution in [2.75, 3.05) is 5.32 Å². The maximum Gasteiger partial charge on any atom is 0.328 e. The van der Waals surface area contributed by atoms with Gasteiger partial charge in [0, 0.05) is 24.4 Å². The maximum absolute atomic E-state index is 10.7. The fraction of sp³-hybridized carbons (Fsp3) is 0.0435. The van der Waals surface area contributed by atoms with Crippen LogP contribution in [-0.2, 0) is 11.3 Å². The molecule has 0 bridgehead atoms. The van der Waals surface area contributed by atoms with Gasteiger partial charge in [-0.1, -0.05) is 60.7 Å². The van der Waals surface area contributed by atoms with Crippen LogP contribution in [0.4, 0.5) is 5.82 Å². The number of imidazole rings is 1. The highest BCUT2D eigenvalue weighted by Gasteiger charge is 2.13. The average Bonchev–Trinajstić information content (AvgIpc) is 3.10. The lowest BCUT2D eigenvalue weighted by molar-refractivity contribution is -0.131. The maximum atomic E-state index is 10.7. The van der Waals surface area contributed by atoms with Gasteiger partial charge in [-0.15, -0.1) is 0 Å². The number of aliphatic carboxylic acids is 1. The Morgan fingerprint density at radius 1 is 1.00 bits per heavy atom. The molecule has 0 fully saturated rings. The Kier molecular flexibility index (Phi) is 4.89. The molecule has 0 amide bonds. The third-order valence-electron chi connectivity index (χ3n) is 4.44. The van der Waals surface area contributed by atoms with E-state index in [0.29, 0.717) is 6.54 Å². The van der Waals surface area contributed by atoms with Gasteiger partial charge in [-0.25, -0.2) is 9.78 Å². The van der Waals surface area contributed by atoms with Gasteiger partial charge in [-0.2, -0.15) is 0 Å². The summed E-state index contributed by atoms with van der Waals surface area (Å²) in [5.74, 6) is -0.0369. The zero-order chi connectivity index (χ0) is 19.3. The number of rotatable bonds is 6. The van der Waals surface area contributed by atoms with Crippen molar-refractivity contribution in [3.05, 3.63) is 96.2 Å². The highest BCUT2D eigenvalue weighted by molar-refractivity contribution is 5.85. The van der Waals surface area contributed by atoms with Crippen molar-refractivity contribution in [3.8, 4) is 11.3 Å². The highest BCUT2D eigenvalue weighted by atomic mass is 16.4. The molecule has 0 unspecified atom stereocenters. The first kappa shape index (κ1) is 17.5. The predicted octanol–water partition coefficient (Wildman–Crippen LogP) is 4.71. The second kappa shape index (κ2) is 7.80. The molecule has 0 saturated carbocycles. The van der Waals surface area contributed by atoms with Gasteiger partial charge in [-0.3, -0.25) is 4.40 Å². The monoisotopic (exact) mass is 369 g/mol. The Balaban J connectivity index is 1.69. The van der Waals surface area contributed by atoms with Crippen LogP contribution in [-0.4, -0.2) is 20.5 Å². The van der Waals surface area contributed by atoms with Gasteiger partial charge in [0.2, 0.25) is 0 Å². The molecule has 0 saturated heterocycles. The Bertz CT molecular complexity index is 1130. The minimum atomic E-state index is -0.961. The molecule has 28 heavy (non-hydrogen) atoms. The number of benzene rings is 2. The van der Waals surface area contributed by atoms with E-state index >= 15 is 0 Å². The van der Waals surface area contributed by atoms with Crippen LogP contribution in [0, 0.1) is 0 Å². The van der Waals surface area contributed by atoms with Crippen LogP contribution in [0.25, 0.3) is 23.0 Å². The highest BCUT2D eigenvalue weighted by Crippen LogP contribution is 2.29. The summed E-state index contributed by atoms with van der Waals surface area (Å²) in [6.45, 7) is 0.690. The third-order valence-corrected chi connectivity index (χ3v) is 4.44. The summed E-state index contributed by atoms with van der Waals surface area (Å²) in [5.41, 5.74) is 4.70. The number of hydrogen-bond donors (Lipinski definition) is 2. The van der Waals surface area contributed by atoms with E-state index in [-0.39, 0.29) is 0 Å². The number of nitrogens with one attached hydrogen (secondary N) is 1. The number of hydrogen-bond acceptors (Lipinski definition) is 3. The minimum Gasteiger partial charge on any atom is -0.478 e. The van der Waals surface area contributed by atoms with Crippen molar-refractivity contribution in [3.63, 3.8) is 0 Å². The molecule has 0 radical (unpaired) electrons. The summed E-state index contributed by atoms with van der Waals surface area (Å²) in [6, 6.07) is 23.8. The number of anilines is 1. The second-order valence-corrected chi connectivity index (χ2v) is 6.37. The van der Waals surface area contributed by atoms with Gasteiger partial charge in [0.25, 0.3) is 0 Å². The summed E-state index contributed by atoms with van der Waals surface area (Å²) in [6.07, 6.45) is 4.69. The van der Waals surface area contributed by atoms with E-state index in [1.54, 1.807) is 6.08 Å². The van der Waals surface area contributed by atoms with Crippen molar-refractivity contribution < 1.29 is 9.90 Å². The molecule has 2 aromatic carbocycles. The minimum absolute atomic E-state index is 0.690. The van der Waals surface area contributed by atoms with Gasteiger partial charge in [0.1, 0.15) is 17.2 Å². The molecule has 2 heterocycles. The smallest absolute Gasteiger partial charge is 0.328 e. The lowest BCUT2D eigenvalue weighted by atomic mass is 10.1. The number of carbonyl (C=O) groups is 1. The summed E-state index contributed by atoms with van der Waals surface area (Å²) in [5, 5.41) is 12.3. The molecule has 2 aromatic heterocycles. The second-order valence-electron chi connectivity index (χ2n) is 6.37. The van der Waals surface area contributed by atoms with Gasteiger partial charge in [0.15, 0.2) is 0 Å². The van der Waals surface area contributed by atoms with Gasteiger partial charge in [0.05, 0.1) is 0 Å². The molecule has 5 heteroatoms. The molecule has 2 N–H and O–H groups in total. The number of nitrogens with zero attached hydrogens (tertiary/aromatic N) is 2. The summed E-state index contributed by atoms with van der Waals surface area (Å²) >= 11 is 0. The number of carboxylic acid groups (broad SMARTS) is 1. The Hall–Kier alpha value is -3.86. The normalized spacial score (nSPS) is 11.1. The molecule has 5 nitrogen and oxygen atoms in total. The van der Waals surface area contributed by atoms with E-state index in [4.69, 9.17) is 10.1 Å². The lowest BCUT2D eigenvalue weighted by Crippen LogP contribution is -2.03. The number of fused-ring (bicyclic) bond motifs is 1. The largest absolute Gasteiger partial charge is 0.478 e. The Morgan fingerprint density at radius 3 is 2.50 bits per heavy atom. The van der Waals surface area contributed by atoms with Crippen molar-refractivity contribution in [2.24, 2.45) is 0 Å². The fourth-order valence-corrected chi connectivity index (χ4v) is 3.07. The van der Waals surface area contributed by atoms with E-state index in [0.717, 1.165) is 34.4 Å². The average molecular weight is 369 g/mol. The number of carboxylic acids is 1. The van der Waals surface area contributed by atoms with Crippen LogP contribution < -0.4 is 5.32 Å². The molecule has 0 aliphatic carbocycles. The van der Waals surface area contributed by atoms with E-state index in [2.05, 4.69) is 17.4 Å². The molecular weight excluding hydrogens is 350 g/mol. The van der Waals surface area contributed by atoms with Crippen molar-refractivity contribution in [1.29, 1.82) is 0 Å². The molecule has 138 valence electrons. The molecule has 0 atom stereocenters. The molecule has 4 rings (SSSR count). The Morgan fingerprint density at radius 2 is 1.75 bits per heavy atom. The van der Waals surface area contributed by atoms with Crippen LogP contribution in [0.3, 0.4) is 0 Å². The van der Waals surface area contributed by atoms with Crippen molar-refractivity contribution in [2.45, 2.75) is 6.54 Å². The summed E-state index contributed by atoms with van der Waals surface area (Å²) < 4.78 is 2.04. The van der Waals surface area contributed by atoms with E-state index < -0.39 is 5.97 Å². The van der Waals surface area contributed by atoms with Crippen LogP contribution in [0.5, 0.6) is 0 Å². The van der Waals surface area contributed by atoms with Gasteiger partial charge < -0.3 is 10.4 Å². The molecule has 4 aromatic rings. The zero-order valence-electron chi connectivity index (χ0n) is 15.1. The van der Waals surface area contributed by atoms with E-state index in [9.17, 15) is 4.79 Å². The molecular formula is C23H19N3O2. The summed E-state index contributed by atoms with van der Waals surface area (Å²) in [7, 11) is 0. The fourth-order valence-electron chi connectivity index (χ4n) is 3.07. The van der Waals surface area contributed by atoms with Crippen LogP contribution in [0.1, 0.15) is 11.1 Å². The van der Waals surface area contributed by atoms with Crippen molar-refractivity contribution in [1.82, 2.24) is 9.38 Å². The third kappa shape index (κ3) is 3.78. The van der Waals surface area contributed by atoms with Crippen LogP contribution in [0.15, 0.2) is 85.1 Å². The first-order valence-electron chi connectivity index (χ1n) is 8.97. The number of pyridine rings is 1. The van der Waals surface area contributed by atoms with Gasteiger partial charge >= 0.3 is 5.97 Å². The zero-order valence-corrected chi connectivity index (χ0v) is 15.1. The Labute approximate surface area is 162 Å². The van der Waals surface area contributed by atoms with Crippen LogP contribution >= 0.6 is 0 Å². The SMILES string of the molecule is O=C(O)/C=C/c1ccc(-c2nc3ccccn3c2NCc2ccccc2)cc1. The quantitative estimate of drug-likeness (QED) is 0.483. The van der Waals surface area contributed by atoms with E-state index in [1.165, 1.54) is 5.56 Å². The molecule has 0 aliphatic heterocycles. The first-order chi connectivity index (χ1) is 13.7. The standard InChI is InChI=1S/C23H19N3O2/c27-21(28)14-11-17-9-12-19(13-10-17)22-23(24-16-18-6-2-1-3-7-18)26-15-5-4-8-20(26)25-22/h1-15,24H,16H2,(H,27,28)/b14-11+. The first-order valence-corrected chi connectivity index (χ1v) is 8.97. The molecule has 0 aliphatic rings. The van der Waals surface area contributed by atoms with Crippen LogP contribution in [0.2, 0.25) is 0 Å². The van der Waals surface area contributed by atoms with Crippen molar-refractivity contribution >= 4 is 23.5 Å². The predicted molar refractivity (Wildman–Crippen MR) is 111 cm³/mol. The summed E-state index contributed by atoms with van der Waals surface area (Å²) in [4.78, 5) is 15.5. The number of aromatic nitrogens is 2.